The lowest BCUT2D eigenvalue weighted by Crippen LogP contribution is -2.44. The standard InChI is InChI=1S/C16H22N2O5S2/c1-2-18(12-16(19)17-15-9-10-24(20,21)13-15)25(22,23)11-8-14-6-4-3-5-7-14/h3-8,11,15H,2,9-10,12-13H2,1H3,(H,17,19)/b11-8+/t15-/m1/s1. The first-order chi connectivity index (χ1) is 11.7. The van der Waals surface area contributed by atoms with Crippen LogP contribution in [-0.4, -0.2) is 57.7 Å². The summed E-state index contributed by atoms with van der Waals surface area (Å²) < 4.78 is 48.6. The molecule has 0 saturated carbocycles. The summed E-state index contributed by atoms with van der Waals surface area (Å²) >= 11 is 0. The van der Waals surface area contributed by atoms with Crippen molar-refractivity contribution in [2.24, 2.45) is 0 Å². The maximum Gasteiger partial charge on any atom is 0.236 e. The van der Waals surface area contributed by atoms with Gasteiger partial charge in [-0.25, -0.2) is 16.8 Å². The molecule has 0 bridgehead atoms. The summed E-state index contributed by atoms with van der Waals surface area (Å²) in [5.74, 6) is -0.542. The average Bonchev–Trinajstić information content (AvgIpc) is 2.90. The van der Waals surface area contributed by atoms with Crippen molar-refractivity contribution < 1.29 is 21.6 Å². The van der Waals surface area contributed by atoms with E-state index in [1.54, 1.807) is 31.2 Å². The fraction of sp³-hybridized carbons (Fsp3) is 0.438. The molecule has 0 aliphatic carbocycles. The van der Waals surface area contributed by atoms with Gasteiger partial charge in [0.25, 0.3) is 0 Å². The lowest BCUT2D eigenvalue weighted by Gasteiger charge is -2.19. The largest absolute Gasteiger partial charge is 0.351 e. The van der Waals surface area contributed by atoms with Gasteiger partial charge in [0, 0.05) is 18.0 Å². The van der Waals surface area contributed by atoms with Gasteiger partial charge in [-0.2, -0.15) is 4.31 Å². The highest BCUT2D eigenvalue weighted by molar-refractivity contribution is 7.92. The predicted molar refractivity (Wildman–Crippen MR) is 96.8 cm³/mol. The molecule has 1 fully saturated rings. The van der Waals surface area contributed by atoms with E-state index in [2.05, 4.69) is 5.32 Å². The molecular formula is C16H22N2O5S2. The molecule has 1 N–H and O–H groups in total. The van der Waals surface area contributed by atoms with E-state index in [4.69, 9.17) is 0 Å². The zero-order chi connectivity index (χ0) is 18.5. The second-order valence-corrected chi connectivity index (χ2v) is 9.90. The summed E-state index contributed by atoms with van der Waals surface area (Å²) in [4.78, 5) is 12.1. The van der Waals surface area contributed by atoms with Crippen LogP contribution in [0.15, 0.2) is 35.7 Å². The molecule has 1 amide bonds. The normalized spacial score (nSPS) is 20.2. The van der Waals surface area contributed by atoms with Gasteiger partial charge in [0.1, 0.15) is 0 Å². The topological polar surface area (TPSA) is 101 Å². The minimum atomic E-state index is -3.75. The molecule has 0 radical (unpaired) electrons. The number of nitrogens with one attached hydrogen (secondary N) is 1. The Hall–Kier alpha value is -1.71. The van der Waals surface area contributed by atoms with E-state index in [1.807, 2.05) is 6.07 Å². The highest BCUT2D eigenvalue weighted by Crippen LogP contribution is 2.12. The Labute approximate surface area is 148 Å². The first-order valence-electron chi connectivity index (χ1n) is 7.95. The highest BCUT2D eigenvalue weighted by atomic mass is 32.2. The van der Waals surface area contributed by atoms with Crippen molar-refractivity contribution in [1.82, 2.24) is 9.62 Å². The molecule has 1 heterocycles. The van der Waals surface area contributed by atoms with Gasteiger partial charge < -0.3 is 5.32 Å². The molecule has 2 rings (SSSR count). The highest BCUT2D eigenvalue weighted by Gasteiger charge is 2.30. The lowest BCUT2D eigenvalue weighted by molar-refractivity contribution is -0.121. The Balaban J connectivity index is 1.98. The van der Waals surface area contributed by atoms with Crippen LogP contribution in [0.25, 0.3) is 6.08 Å². The number of amides is 1. The third-order valence-corrected chi connectivity index (χ3v) is 7.22. The molecule has 9 heteroatoms. The van der Waals surface area contributed by atoms with Crippen LogP contribution in [0.5, 0.6) is 0 Å². The van der Waals surface area contributed by atoms with Crippen molar-refractivity contribution in [2.75, 3.05) is 24.6 Å². The fourth-order valence-electron chi connectivity index (χ4n) is 2.54. The van der Waals surface area contributed by atoms with Gasteiger partial charge in [-0.05, 0) is 18.1 Å². The molecule has 1 aromatic carbocycles. The van der Waals surface area contributed by atoms with Gasteiger partial charge in [-0.15, -0.1) is 0 Å². The molecule has 0 spiro atoms. The van der Waals surface area contributed by atoms with E-state index in [9.17, 15) is 21.6 Å². The zero-order valence-electron chi connectivity index (χ0n) is 14.0. The number of sulfonamides is 1. The third-order valence-electron chi connectivity index (χ3n) is 3.86. The summed E-state index contributed by atoms with van der Waals surface area (Å²) in [5.41, 5.74) is 0.739. The number of benzene rings is 1. The number of hydrogen-bond donors (Lipinski definition) is 1. The van der Waals surface area contributed by atoms with E-state index < -0.39 is 31.8 Å². The SMILES string of the molecule is CCN(CC(=O)N[C@@H]1CCS(=O)(=O)C1)S(=O)(=O)/C=C/c1ccccc1. The van der Waals surface area contributed by atoms with Crippen molar-refractivity contribution in [3.8, 4) is 0 Å². The van der Waals surface area contributed by atoms with Gasteiger partial charge in [0.15, 0.2) is 9.84 Å². The number of carbonyl (C=O) groups is 1. The Morgan fingerprint density at radius 2 is 2.00 bits per heavy atom. The molecule has 0 aromatic heterocycles. The number of rotatable bonds is 7. The summed E-state index contributed by atoms with van der Waals surface area (Å²) in [7, 11) is -6.85. The molecule has 1 saturated heterocycles. The van der Waals surface area contributed by atoms with Crippen LogP contribution in [0.4, 0.5) is 0 Å². The van der Waals surface area contributed by atoms with Gasteiger partial charge in [0.05, 0.1) is 18.1 Å². The van der Waals surface area contributed by atoms with Crippen LogP contribution >= 0.6 is 0 Å². The minimum absolute atomic E-state index is 0.0492. The molecule has 1 aliphatic rings. The molecule has 1 aliphatic heterocycles. The number of likely N-dealkylation sites (N-methyl/N-ethyl adjacent to an activating group) is 1. The van der Waals surface area contributed by atoms with E-state index in [-0.39, 0.29) is 24.6 Å². The molecule has 25 heavy (non-hydrogen) atoms. The maximum atomic E-state index is 12.4. The van der Waals surface area contributed by atoms with Gasteiger partial charge in [-0.1, -0.05) is 37.3 Å². The number of sulfone groups is 1. The summed E-state index contributed by atoms with van der Waals surface area (Å²) in [6.45, 7) is 1.44. The first-order valence-corrected chi connectivity index (χ1v) is 11.3. The van der Waals surface area contributed by atoms with Gasteiger partial charge in [-0.3, -0.25) is 4.79 Å². The first kappa shape index (κ1) is 19.6. The second kappa shape index (κ2) is 8.11. The molecule has 0 unspecified atom stereocenters. The fourth-order valence-corrected chi connectivity index (χ4v) is 5.37. The smallest absolute Gasteiger partial charge is 0.236 e. The summed E-state index contributed by atoms with van der Waals surface area (Å²) in [6.07, 6.45) is 1.83. The predicted octanol–water partition coefficient (Wildman–Crippen LogP) is 0.612. The van der Waals surface area contributed by atoms with Crippen LogP contribution in [0.1, 0.15) is 18.9 Å². The summed E-state index contributed by atoms with van der Waals surface area (Å²) in [6, 6.07) is 8.53. The van der Waals surface area contributed by atoms with E-state index in [1.165, 1.54) is 6.08 Å². The molecule has 1 aromatic rings. The number of nitrogens with zero attached hydrogens (tertiary/aromatic N) is 1. The zero-order valence-corrected chi connectivity index (χ0v) is 15.6. The van der Waals surface area contributed by atoms with Crippen molar-refractivity contribution >= 4 is 31.8 Å². The monoisotopic (exact) mass is 386 g/mol. The van der Waals surface area contributed by atoms with Gasteiger partial charge >= 0.3 is 0 Å². The molecular weight excluding hydrogens is 364 g/mol. The van der Waals surface area contributed by atoms with E-state index >= 15 is 0 Å². The van der Waals surface area contributed by atoms with Crippen molar-refractivity contribution in [3.63, 3.8) is 0 Å². The molecule has 7 nitrogen and oxygen atoms in total. The van der Waals surface area contributed by atoms with Gasteiger partial charge in [0.2, 0.25) is 15.9 Å². The van der Waals surface area contributed by atoms with Crippen molar-refractivity contribution in [1.29, 1.82) is 0 Å². The van der Waals surface area contributed by atoms with Crippen molar-refractivity contribution in [2.45, 2.75) is 19.4 Å². The Kier molecular flexibility index (Phi) is 6.36. The molecule has 1 atom stereocenters. The van der Waals surface area contributed by atoms with Crippen LogP contribution in [0.3, 0.4) is 0 Å². The Morgan fingerprint density at radius 1 is 1.32 bits per heavy atom. The Morgan fingerprint density at radius 3 is 2.56 bits per heavy atom. The van der Waals surface area contributed by atoms with Crippen LogP contribution in [0, 0.1) is 0 Å². The minimum Gasteiger partial charge on any atom is -0.351 e. The number of hydrogen-bond acceptors (Lipinski definition) is 5. The second-order valence-electron chi connectivity index (χ2n) is 5.85. The Bertz CT molecular complexity index is 833. The lowest BCUT2D eigenvalue weighted by atomic mass is 10.2. The van der Waals surface area contributed by atoms with E-state index in [0.717, 1.165) is 15.3 Å². The quantitative estimate of drug-likeness (QED) is 0.740. The summed E-state index contributed by atoms with van der Waals surface area (Å²) in [5, 5.41) is 3.67. The van der Waals surface area contributed by atoms with Crippen LogP contribution in [-0.2, 0) is 24.7 Å². The van der Waals surface area contributed by atoms with E-state index in [0.29, 0.717) is 6.42 Å². The van der Waals surface area contributed by atoms with Crippen LogP contribution in [0.2, 0.25) is 0 Å². The van der Waals surface area contributed by atoms with Crippen LogP contribution < -0.4 is 5.32 Å². The third kappa shape index (κ3) is 5.94. The molecule has 138 valence electrons. The number of carbonyl (C=O) groups excluding carboxylic acids is 1. The average molecular weight is 386 g/mol. The van der Waals surface area contributed by atoms with Crippen molar-refractivity contribution in [3.05, 3.63) is 41.3 Å². The maximum absolute atomic E-state index is 12.4.